The maximum atomic E-state index is 12.6. The van der Waals surface area contributed by atoms with Crippen LogP contribution in [0.3, 0.4) is 0 Å². The molecule has 3 aliphatic heterocycles. The molecule has 2 fully saturated rings. The number of carbonyl (C=O) groups excluding carboxylic acids is 1. The Kier molecular flexibility index (Phi) is 8.15. The fourth-order valence-corrected chi connectivity index (χ4v) is 7.14. The third-order valence-electron chi connectivity index (χ3n) is 9.47. The second-order valence-corrected chi connectivity index (χ2v) is 12.1. The van der Waals surface area contributed by atoms with E-state index < -0.39 is 0 Å². The number of pyridine rings is 1. The first-order valence-electron chi connectivity index (χ1n) is 15.3. The molecule has 0 N–H and O–H groups in total. The average molecular weight is 594 g/mol. The maximum absolute atomic E-state index is 12.6. The summed E-state index contributed by atoms with van der Waals surface area (Å²) in [5.41, 5.74) is 6.59. The summed E-state index contributed by atoms with van der Waals surface area (Å²) < 4.78 is 8.34. The zero-order chi connectivity index (χ0) is 31.0. The van der Waals surface area contributed by atoms with Crippen LogP contribution in [0.4, 0.5) is 11.4 Å². The van der Waals surface area contributed by atoms with Crippen molar-refractivity contribution in [1.29, 1.82) is 10.5 Å². The number of nitrogens with zero attached hydrogens (tertiary/aromatic N) is 9. The van der Waals surface area contributed by atoms with Gasteiger partial charge in [0.25, 0.3) is 0 Å². The van der Waals surface area contributed by atoms with Gasteiger partial charge < -0.3 is 24.3 Å². The molecular weight excluding hydrogens is 554 g/mol. The van der Waals surface area contributed by atoms with Gasteiger partial charge in [0.1, 0.15) is 18.2 Å². The highest BCUT2D eigenvalue weighted by Crippen LogP contribution is 2.40. The number of anilines is 2. The Morgan fingerprint density at radius 2 is 1.98 bits per heavy atom. The van der Waals surface area contributed by atoms with Crippen molar-refractivity contribution < 1.29 is 9.53 Å². The number of hydrogen-bond donors (Lipinski definition) is 0. The minimum atomic E-state index is -0.309. The number of aryl methyl sites for hydroxylation is 2. The van der Waals surface area contributed by atoms with Gasteiger partial charge in [-0.3, -0.25) is 9.48 Å². The molecule has 0 bridgehead atoms. The van der Waals surface area contributed by atoms with E-state index in [0.717, 1.165) is 59.5 Å². The predicted octanol–water partition coefficient (Wildman–Crippen LogP) is 3.30. The zero-order valence-corrected chi connectivity index (χ0v) is 25.8. The van der Waals surface area contributed by atoms with Crippen LogP contribution in [0.15, 0.2) is 31.0 Å². The van der Waals surface area contributed by atoms with Gasteiger partial charge in [-0.15, -0.1) is 0 Å². The predicted molar refractivity (Wildman–Crippen MR) is 168 cm³/mol. The highest BCUT2D eigenvalue weighted by molar-refractivity contribution is 5.93. The Morgan fingerprint density at radius 1 is 1.14 bits per heavy atom. The number of ether oxygens (including phenoxy) is 1. The van der Waals surface area contributed by atoms with E-state index in [1.807, 2.05) is 17.9 Å². The lowest BCUT2D eigenvalue weighted by Gasteiger charge is -2.43. The Bertz CT molecular complexity index is 1680. The van der Waals surface area contributed by atoms with Gasteiger partial charge in [0.15, 0.2) is 0 Å². The van der Waals surface area contributed by atoms with Crippen LogP contribution < -0.4 is 14.5 Å². The van der Waals surface area contributed by atoms with Crippen LogP contribution in [0.2, 0.25) is 0 Å². The second kappa shape index (κ2) is 12.2. The van der Waals surface area contributed by atoms with Crippen molar-refractivity contribution in [1.82, 2.24) is 24.6 Å². The molecule has 44 heavy (non-hydrogen) atoms. The topological polar surface area (TPSA) is 118 Å². The summed E-state index contributed by atoms with van der Waals surface area (Å²) in [6.07, 6.45) is 6.27. The van der Waals surface area contributed by atoms with Crippen LogP contribution >= 0.6 is 0 Å². The van der Waals surface area contributed by atoms with E-state index in [1.54, 1.807) is 4.90 Å². The molecule has 11 heteroatoms. The Morgan fingerprint density at radius 3 is 2.70 bits per heavy atom. The van der Waals surface area contributed by atoms with Crippen molar-refractivity contribution in [3.63, 3.8) is 0 Å². The van der Waals surface area contributed by atoms with Crippen LogP contribution in [0.5, 0.6) is 5.88 Å². The van der Waals surface area contributed by atoms with Gasteiger partial charge in [-0.25, -0.2) is 4.98 Å². The minimum Gasteiger partial charge on any atom is -0.475 e. The highest BCUT2D eigenvalue weighted by atomic mass is 16.5. The first-order chi connectivity index (χ1) is 21.3. The van der Waals surface area contributed by atoms with Crippen LogP contribution in [-0.4, -0.2) is 88.9 Å². The van der Waals surface area contributed by atoms with Crippen LogP contribution in [0.1, 0.15) is 41.6 Å². The molecule has 0 radical (unpaired) electrons. The van der Waals surface area contributed by atoms with Gasteiger partial charge in [0.05, 0.1) is 53.9 Å². The third-order valence-corrected chi connectivity index (χ3v) is 9.47. The van der Waals surface area contributed by atoms with E-state index in [1.165, 1.54) is 11.6 Å². The monoisotopic (exact) mass is 593 g/mol. The van der Waals surface area contributed by atoms with E-state index in [2.05, 4.69) is 64.6 Å². The zero-order valence-electron chi connectivity index (χ0n) is 25.8. The molecule has 3 aliphatic rings. The summed E-state index contributed by atoms with van der Waals surface area (Å²) in [6.45, 7) is 10.0. The number of nitriles is 2. The lowest BCUT2D eigenvalue weighted by molar-refractivity contribution is -0.128. The first-order valence-corrected chi connectivity index (χ1v) is 15.3. The van der Waals surface area contributed by atoms with Gasteiger partial charge >= 0.3 is 0 Å². The van der Waals surface area contributed by atoms with E-state index in [0.29, 0.717) is 50.7 Å². The third kappa shape index (κ3) is 5.22. The maximum Gasteiger partial charge on any atom is 0.246 e. The first kappa shape index (κ1) is 29.5. The summed E-state index contributed by atoms with van der Waals surface area (Å²) in [4.78, 5) is 26.2. The number of fused-ring (bicyclic) bond motifs is 2. The van der Waals surface area contributed by atoms with E-state index in [4.69, 9.17) is 9.72 Å². The SMILES string of the molecule is C=CC(=O)N1CCN(c2c(C#N)c(OCC3CCCN3C)nc3c2CCN(c2c(C)ccc4cnn(C)c24)C3)CC1CC#N. The van der Waals surface area contributed by atoms with Crippen molar-refractivity contribution in [2.45, 2.75) is 51.2 Å². The van der Waals surface area contributed by atoms with Gasteiger partial charge in [-0.2, -0.15) is 15.6 Å². The van der Waals surface area contributed by atoms with Gasteiger partial charge in [-0.05, 0) is 51.4 Å². The molecular formula is C33H39N9O2. The van der Waals surface area contributed by atoms with E-state index in [-0.39, 0.29) is 24.4 Å². The number of likely N-dealkylation sites (tertiary alicyclic amines) is 1. The van der Waals surface area contributed by atoms with Crippen molar-refractivity contribution in [3.05, 3.63) is 53.4 Å². The average Bonchev–Trinajstić information content (AvgIpc) is 3.62. The van der Waals surface area contributed by atoms with Crippen molar-refractivity contribution >= 4 is 28.2 Å². The number of piperazine rings is 1. The number of hydrogen-bond acceptors (Lipinski definition) is 9. The molecule has 228 valence electrons. The largest absolute Gasteiger partial charge is 0.475 e. The summed E-state index contributed by atoms with van der Waals surface area (Å²) in [6, 6.07) is 8.90. The number of amides is 1. The number of aromatic nitrogens is 3. The summed E-state index contributed by atoms with van der Waals surface area (Å²) in [7, 11) is 4.08. The highest BCUT2D eigenvalue weighted by Gasteiger charge is 2.35. The smallest absolute Gasteiger partial charge is 0.246 e. The second-order valence-electron chi connectivity index (χ2n) is 12.1. The molecule has 5 heterocycles. The lowest BCUT2D eigenvalue weighted by atomic mass is 9.96. The minimum absolute atomic E-state index is 0.178. The summed E-state index contributed by atoms with van der Waals surface area (Å²) in [5.74, 6) is 0.183. The van der Waals surface area contributed by atoms with Gasteiger partial charge in [0, 0.05) is 50.2 Å². The van der Waals surface area contributed by atoms with Gasteiger partial charge in [0.2, 0.25) is 11.8 Å². The number of carbonyl (C=O) groups is 1. The molecule has 3 aromatic rings. The fourth-order valence-electron chi connectivity index (χ4n) is 7.14. The Labute approximate surface area is 258 Å². The van der Waals surface area contributed by atoms with Crippen LogP contribution in [0, 0.1) is 29.6 Å². The molecule has 0 aliphatic carbocycles. The molecule has 0 saturated carbocycles. The molecule has 1 amide bonds. The number of rotatable bonds is 7. The fraction of sp³-hybridized carbons (Fsp3) is 0.485. The van der Waals surface area contributed by atoms with Crippen LogP contribution in [-0.2, 0) is 24.8 Å². The lowest BCUT2D eigenvalue weighted by Crippen LogP contribution is -2.55. The van der Waals surface area contributed by atoms with Crippen molar-refractivity contribution in [2.75, 3.05) is 56.2 Å². The van der Waals surface area contributed by atoms with Gasteiger partial charge in [-0.1, -0.05) is 18.7 Å². The summed E-state index contributed by atoms with van der Waals surface area (Å²) >= 11 is 0. The molecule has 0 spiro atoms. The molecule has 2 unspecified atom stereocenters. The molecule has 2 saturated heterocycles. The molecule has 2 atom stereocenters. The van der Waals surface area contributed by atoms with Crippen molar-refractivity contribution in [2.24, 2.45) is 7.05 Å². The number of likely N-dealkylation sites (N-methyl/N-ethyl adjacent to an activating group) is 1. The van der Waals surface area contributed by atoms with Crippen LogP contribution in [0.25, 0.3) is 10.9 Å². The molecule has 2 aromatic heterocycles. The van der Waals surface area contributed by atoms with E-state index >= 15 is 0 Å². The quantitative estimate of drug-likeness (QED) is 0.380. The molecule has 11 nitrogen and oxygen atoms in total. The van der Waals surface area contributed by atoms with Crippen molar-refractivity contribution in [3.8, 4) is 18.0 Å². The summed E-state index contributed by atoms with van der Waals surface area (Å²) in [5, 5.41) is 25.8. The normalized spacial score (nSPS) is 20.3. The Hall–Kier alpha value is -4.61. The molecule has 6 rings (SSSR count). The van der Waals surface area contributed by atoms with E-state index in [9.17, 15) is 15.3 Å². The standard InChI is InChI=1S/C33H39N9O2/c1-5-29(43)42-16-15-41(19-24(42)10-12-34)32-26-11-14-40(30-22(2)8-9-23-18-36-39(4)31(23)30)20-28(26)37-33(27(32)17-35)44-21-25-7-6-13-38(25)3/h5,8-9,18,24-25H,1,6-7,10-11,13-16,19-21H2,2-4H3. The number of benzene rings is 1. The Balaban J connectivity index is 1.41. The molecule has 1 aromatic carbocycles.